The van der Waals surface area contributed by atoms with Gasteiger partial charge in [-0.25, -0.2) is 5.48 Å². The summed E-state index contributed by atoms with van der Waals surface area (Å²) in [5, 5.41) is 10.5. The molecule has 1 aromatic carbocycles. The van der Waals surface area contributed by atoms with E-state index in [2.05, 4.69) is 5.48 Å². The Morgan fingerprint density at radius 2 is 1.95 bits per heavy atom. The van der Waals surface area contributed by atoms with Crippen molar-refractivity contribution in [1.29, 1.82) is 0 Å². The average molecular weight is 307 g/mol. The second-order valence-corrected chi connectivity index (χ2v) is 5.48. The smallest absolute Gasteiger partial charge is 0.268 e. The minimum Gasteiger partial charge on any atom is -0.268 e. The maximum atomic E-state index is 11.8. The molecule has 0 aliphatic heterocycles. The number of nitrogens with zero attached hydrogens (tertiary/aromatic N) is 1. The number of hydrogen-bond donors (Lipinski definition) is 1. The summed E-state index contributed by atoms with van der Waals surface area (Å²) in [5.41, 5.74) is 1.16. The van der Waals surface area contributed by atoms with Crippen molar-refractivity contribution in [3.05, 3.63) is 37.9 Å². The fourth-order valence-electron chi connectivity index (χ4n) is 1.10. The van der Waals surface area contributed by atoms with E-state index in [9.17, 15) is 14.9 Å². The van der Waals surface area contributed by atoms with Crippen LogP contribution in [0.25, 0.3) is 0 Å². The number of benzene rings is 1. The summed E-state index contributed by atoms with van der Waals surface area (Å²) in [6, 6.07) is 2.27. The molecule has 0 atom stereocenters. The van der Waals surface area contributed by atoms with E-state index in [0.29, 0.717) is 0 Å². The van der Waals surface area contributed by atoms with Gasteiger partial charge in [-0.05, 0) is 26.8 Å². The molecule has 1 rings (SSSR count). The number of nitro groups is 1. The van der Waals surface area contributed by atoms with Crippen LogP contribution in [0.15, 0.2) is 12.1 Å². The molecule has 0 aliphatic carbocycles. The molecular weight excluding hydrogens is 295 g/mol. The first-order valence-corrected chi connectivity index (χ1v) is 5.99. The van der Waals surface area contributed by atoms with Gasteiger partial charge >= 0.3 is 0 Å². The number of amides is 1. The molecule has 1 amide bonds. The molecule has 0 radical (unpaired) electrons. The molecule has 0 unspecified atom stereocenters. The van der Waals surface area contributed by atoms with Crippen LogP contribution < -0.4 is 5.48 Å². The van der Waals surface area contributed by atoms with E-state index >= 15 is 0 Å². The van der Waals surface area contributed by atoms with Gasteiger partial charge in [-0.3, -0.25) is 19.7 Å². The highest BCUT2D eigenvalue weighted by atomic mass is 35.5. The van der Waals surface area contributed by atoms with Gasteiger partial charge in [0.1, 0.15) is 5.02 Å². The van der Waals surface area contributed by atoms with Gasteiger partial charge in [0.2, 0.25) is 0 Å². The van der Waals surface area contributed by atoms with Crippen LogP contribution in [0.3, 0.4) is 0 Å². The lowest BCUT2D eigenvalue weighted by molar-refractivity contribution is -0.384. The summed E-state index contributed by atoms with van der Waals surface area (Å²) in [6.45, 7) is 5.22. The van der Waals surface area contributed by atoms with E-state index in [1.807, 2.05) is 0 Å². The molecule has 0 heterocycles. The monoisotopic (exact) mass is 306 g/mol. The number of carbonyl (C=O) groups excluding carboxylic acids is 1. The molecule has 19 heavy (non-hydrogen) atoms. The highest BCUT2D eigenvalue weighted by molar-refractivity contribution is 6.43. The molecule has 0 aromatic heterocycles. The molecule has 104 valence electrons. The van der Waals surface area contributed by atoms with Crippen molar-refractivity contribution in [3.8, 4) is 0 Å². The number of hydrogen-bond acceptors (Lipinski definition) is 4. The summed E-state index contributed by atoms with van der Waals surface area (Å²) in [6.07, 6.45) is 0. The first kappa shape index (κ1) is 15.7. The standard InChI is InChI=1S/C11H12Cl2N2O4/c1-11(2,3)19-14-10(16)6-4-7(12)9(13)8(5-6)15(17)18/h4-5H,1-3H3,(H,14,16). The largest absolute Gasteiger partial charge is 0.290 e. The fraction of sp³-hybridized carbons (Fsp3) is 0.364. The lowest BCUT2D eigenvalue weighted by Gasteiger charge is -2.18. The number of nitrogens with one attached hydrogen (secondary N) is 1. The van der Waals surface area contributed by atoms with Crippen molar-refractivity contribution in [2.24, 2.45) is 0 Å². The second-order valence-electron chi connectivity index (χ2n) is 4.69. The molecule has 0 bridgehead atoms. The van der Waals surface area contributed by atoms with Gasteiger partial charge in [0, 0.05) is 11.6 Å². The van der Waals surface area contributed by atoms with Gasteiger partial charge in [-0.15, -0.1) is 0 Å². The molecule has 0 fully saturated rings. The third-order valence-electron chi connectivity index (χ3n) is 1.92. The number of halogens is 2. The number of hydroxylamine groups is 1. The topological polar surface area (TPSA) is 81.5 Å². The third kappa shape index (κ3) is 4.34. The normalized spacial score (nSPS) is 11.2. The molecule has 1 aromatic rings. The quantitative estimate of drug-likeness (QED) is 0.685. The van der Waals surface area contributed by atoms with Gasteiger partial charge in [0.05, 0.1) is 15.5 Å². The van der Waals surface area contributed by atoms with E-state index < -0.39 is 22.1 Å². The van der Waals surface area contributed by atoms with Crippen molar-refractivity contribution in [3.63, 3.8) is 0 Å². The number of nitro benzene ring substituents is 1. The zero-order valence-electron chi connectivity index (χ0n) is 10.5. The zero-order chi connectivity index (χ0) is 14.8. The average Bonchev–Trinajstić information content (AvgIpc) is 2.28. The Kier molecular flexibility index (Phi) is 4.73. The van der Waals surface area contributed by atoms with Gasteiger partial charge in [-0.1, -0.05) is 23.2 Å². The Balaban J connectivity index is 3.02. The SMILES string of the molecule is CC(C)(C)ONC(=O)c1cc(Cl)c(Cl)c([N+](=O)[O-])c1. The summed E-state index contributed by atoms with van der Waals surface area (Å²) in [5.74, 6) is -0.642. The number of rotatable bonds is 3. The molecular formula is C11H12Cl2N2O4. The molecule has 0 spiro atoms. The Labute approximate surface area is 119 Å². The predicted octanol–water partition coefficient (Wildman–Crippen LogP) is 3.36. The molecule has 0 saturated heterocycles. The molecule has 0 aliphatic rings. The highest BCUT2D eigenvalue weighted by Crippen LogP contribution is 2.33. The summed E-state index contributed by atoms with van der Waals surface area (Å²) in [7, 11) is 0. The van der Waals surface area contributed by atoms with Crippen LogP contribution in [0.2, 0.25) is 10.0 Å². The van der Waals surface area contributed by atoms with Gasteiger partial charge in [-0.2, -0.15) is 0 Å². The zero-order valence-corrected chi connectivity index (χ0v) is 12.0. The predicted molar refractivity (Wildman–Crippen MR) is 71.4 cm³/mol. The maximum Gasteiger partial charge on any atom is 0.290 e. The lowest BCUT2D eigenvalue weighted by atomic mass is 10.2. The first-order valence-electron chi connectivity index (χ1n) is 5.23. The van der Waals surface area contributed by atoms with Crippen molar-refractivity contribution < 1.29 is 14.6 Å². The van der Waals surface area contributed by atoms with Gasteiger partial charge in [0.25, 0.3) is 11.6 Å². The lowest BCUT2D eigenvalue weighted by Crippen LogP contribution is -2.33. The Morgan fingerprint density at radius 1 is 1.37 bits per heavy atom. The number of carbonyl (C=O) groups is 1. The van der Waals surface area contributed by atoms with Crippen LogP contribution in [0.1, 0.15) is 31.1 Å². The van der Waals surface area contributed by atoms with Crippen LogP contribution in [0.4, 0.5) is 5.69 Å². The van der Waals surface area contributed by atoms with E-state index in [4.69, 9.17) is 28.0 Å². The molecule has 6 nitrogen and oxygen atoms in total. The van der Waals surface area contributed by atoms with E-state index in [0.717, 1.165) is 6.07 Å². The second kappa shape index (κ2) is 5.73. The van der Waals surface area contributed by atoms with E-state index in [1.54, 1.807) is 20.8 Å². The van der Waals surface area contributed by atoms with E-state index in [-0.39, 0.29) is 15.6 Å². The van der Waals surface area contributed by atoms with Crippen molar-refractivity contribution in [2.45, 2.75) is 26.4 Å². The van der Waals surface area contributed by atoms with Crippen molar-refractivity contribution >= 4 is 34.8 Å². The first-order chi connectivity index (χ1) is 8.61. The summed E-state index contributed by atoms with van der Waals surface area (Å²) in [4.78, 5) is 26.9. The molecule has 8 heteroatoms. The van der Waals surface area contributed by atoms with Crippen LogP contribution in [-0.2, 0) is 4.84 Å². The summed E-state index contributed by atoms with van der Waals surface area (Å²) < 4.78 is 0. The van der Waals surface area contributed by atoms with E-state index in [1.165, 1.54) is 6.07 Å². The summed E-state index contributed by atoms with van der Waals surface area (Å²) >= 11 is 11.4. The minimum absolute atomic E-state index is 0.00894. The minimum atomic E-state index is -0.713. The van der Waals surface area contributed by atoms with Crippen LogP contribution >= 0.6 is 23.2 Å². The molecule has 0 saturated carbocycles. The Hall–Kier alpha value is -1.37. The van der Waals surface area contributed by atoms with Gasteiger partial charge in [0.15, 0.2) is 0 Å². The maximum absolute atomic E-state index is 11.8. The highest BCUT2D eigenvalue weighted by Gasteiger charge is 2.21. The van der Waals surface area contributed by atoms with Crippen molar-refractivity contribution in [2.75, 3.05) is 0 Å². The van der Waals surface area contributed by atoms with Crippen LogP contribution in [0.5, 0.6) is 0 Å². The van der Waals surface area contributed by atoms with Crippen LogP contribution in [-0.4, -0.2) is 16.4 Å². The van der Waals surface area contributed by atoms with Crippen LogP contribution in [0, 0.1) is 10.1 Å². The van der Waals surface area contributed by atoms with Gasteiger partial charge < -0.3 is 0 Å². The third-order valence-corrected chi connectivity index (χ3v) is 2.71. The fourth-order valence-corrected chi connectivity index (χ4v) is 1.49. The Morgan fingerprint density at radius 3 is 2.42 bits per heavy atom. The Bertz CT molecular complexity index is 526. The van der Waals surface area contributed by atoms with Crippen molar-refractivity contribution in [1.82, 2.24) is 5.48 Å². The molecule has 1 N–H and O–H groups in total.